The van der Waals surface area contributed by atoms with Gasteiger partial charge in [-0.1, -0.05) is 12.1 Å². The van der Waals surface area contributed by atoms with E-state index in [1.165, 1.54) is 19.2 Å². The third-order valence-corrected chi connectivity index (χ3v) is 3.18. The summed E-state index contributed by atoms with van der Waals surface area (Å²) in [6, 6.07) is 8.37. The summed E-state index contributed by atoms with van der Waals surface area (Å²) in [5.41, 5.74) is -1.38. The summed E-state index contributed by atoms with van der Waals surface area (Å²) in [6.07, 6.45) is -4.66. The number of nitrogens with one attached hydrogen (secondary N) is 1. The number of methoxy groups -OCH3 is 1. The van der Waals surface area contributed by atoms with Crippen molar-refractivity contribution in [2.75, 3.05) is 12.4 Å². The third kappa shape index (κ3) is 3.65. The molecule has 8 heteroatoms. The molecular weight excluding hydrogens is 327 g/mol. The lowest BCUT2D eigenvalue weighted by Gasteiger charge is -2.14. The van der Waals surface area contributed by atoms with Crippen LogP contribution < -0.4 is 5.32 Å². The number of rotatable bonds is 4. The number of carbonyl (C=O) groups excluding carboxylic acids is 1. The number of carboxylic acid groups (broad SMARTS) is 1. The summed E-state index contributed by atoms with van der Waals surface area (Å²) in [7, 11) is 1.18. The molecule has 0 spiro atoms. The van der Waals surface area contributed by atoms with Crippen LogP contribution in [0.4, 0.5) is 24.5 Å². The molecule has 0 unspecified atom stereocenters. The number of ether oxygens (including phenoxy) is 1. The van der Waals surface area contributed by atoms with E-state index in [-0.39, 0.29) is 16.9 Å². The number of carboxylic acids is 1. The van der Waals surface area contributed by atoms with Crippen LogP contribution in [0.25, 0.3) is 0 Å². The third-order valence-electron chi connectivity index (χ3n) is 3.18. The van der Waals surface area contributed by atoms with Crippen molar-refractivity contribution in [1.29, 1.82) is 0 Å². The maximum Gasteiger partial charge on any atom is 0.416 e. The summed E-state index contributed by atoms with van der Waals surface area (Å²) in [4.78, 5) is 23.0. The fourth-order valence-electron chi connectivity index (χ4n) is 2.03. The molecule has 5 nitrogen and oxygen atoms in total. The number of hydrogen-bond donors (Lipinski definition) is 2. The van der Waals surface area contributed by atoms with Gasteiger partial charge in [0.05, 0.1) is 35.2 Å². The zero-order valence-corrected chi connectivity index (χ0v) is 12.3. The highest BCUT2D eigenvalue weighted by molar-refractivity contribution is 5.99. The zero-order valence-electron chi connectivity index (χ0n) is 12.3. The van der Waals surface area contributed by atoms with E-state index in [1.807, 2.05) is 0 Å². The molecule has 0 aliphatic carbocycles. The molecule has 0 atom stereocenters. The largest absolute Gasteiger partial charge is 0.478 e. The first kappa shape index (κ1) is 17.3. The normalized spacial score (nSPS) is 11.0. The summed E-state index contributed by atoms with van der Waals surface area (Å²) >= 11 is 0. The molecule has 24 heavy (non-hydrogen) atoms. The van der Waals surface area contributed by atoms with Crippen molar-refractivity contribution in [3.63, 3.8) is 0 Å². The lowest BCUT2D eigenvalue weighted by atomic mass is 10.1. The topological polar surface area (TPSA) is 75.6 Å². The maximum absolute atomic E-state index is 12.7. The molecule has 0 radical (unpaired) electrons. The number of anilines is 2. The summed E-state index contributed by atoms with van der Waals surface area (Å²) in [5.74, 6) is -2.19. The van der Waals surface area contributed by atoms with E-state index in [9.17, 15) is 22.8 Å². The second-order valence-electron chi connectivity index (χ2n) is 4.73. The van der Waals surface area contributed by atoms with Gasteiger partial charge in [-0.05, 0) is 30.3 Å². The average Bonchev–Trinajstić information content (AvgIpc) is 2.53. The number of carbonyl (C=O) groups is 2. The average molecular weight is 339 g/mol. The van der Waals surface area contributed by atoms with Gasteiger partial charge in [0.15, 0.2) is 0 Å². The van der Waals surface area contributed by atoms with Crippen LogP contribution in [0.1, 0.15) is 26.3 Å². The van der Waals surface area contributed by atoms with Crippen molar-refractivity contribution in [3.05, 3.63) is 59.2 Å². The predicted octanol–water partition coefficient (Wildman–Crippen LogP) is 3.93. The fraction of sp³-hybridized carbons (Fsp3) is 0.125. The predicted molar refractivity (Wildman–Crippen MR) is 79.5 cm³/mol. The molecule has 0 aliphatic rings. The van der Waals surface area contributed by atoms with Crippen molar-refractivity contribution in [1.82, 2.24) is 0 Å². The summed E-state index contributed by atoms with van der Waals surface area (Å²) in [5, 5.41) is 11.8. The molecule has 0 amide bonds. The Morgan fingerprint density at radius 2 is 1.67 bits per heavy atom. The summed E-state index contributed by atoms with van der Waals surface area (Å²) in [6.45, 7) is 0. The van der Waals surface area contributed by atoms with Crippen molar-refractivity contribution in [2.45, 2.75) is 6.18 Å². The van der Waals surface area contributed by atoms with Gasteiger partial charge in [-0.15, -0.1) is 0 Å². The second kappa shape index (κ2) is 6.61. The van der Waals surface area contributed by atoms with Gasteiger partial charge in [0.2, 0.25) is 0 Å². The van der Waals surface area contributed by atoms with Crippen LogP contribution in [0.15, 0.2) is 42.5 Å². The van der Waals surface area contributed by atoms with E-state index < -0.39 is 29.2 Å². The molecule has 2 aromatic carbocycles. The van der Waals surface area contributed by atoms with Crippen molar-refractivity contribution in [2.24, 2.45) is 0 Å². The van der Waals surface area contributed by atoms with Gasteiger partial charge in [-0.3, -0.25) is 0 Å². The van der Waals surface area contributed by atoms with E-state index in [0.29, 0.717) is 6.07 Å². The molecule has 0 fully saturated rings. The maximum atomic E-state index is 12.7. The van der Waals surface area contributed by atoms with E-state index >= 15 is 0 Å². The lowest BCUT2D eigenvalue weighted by molar-refractivity contribution is -0.137. The molecule has 2 rings (SSSR count). The second-order valence-corrected chi connectivity index (χ2v) is 4.73. The molecule has 0 bridgehead atoms. The standard InChI is InChI=1S/C16H12F3NO4/c1-24-15(23)10-4-2-3-5-12(10)20-13-7-6-9(16(17,18)19)8-11(13)14(21)22/h2-8,20H,1H3,(H,21,22). The highest BCUT2D eigenvalue weighted by Gasteiger charge is 2.32. The molecule has 0 saturated heterocycles. The van der Waals surface area contributed by atoms with Gasteiger partial charge in [0.1, 0.15) is 0 Å². The van der Waals surface area contributed by atoms with Crippen LogP contribution >= 0.6 is 0 Å². The Morgan fingerprint density at radius 1 is 1.04 bits per heavy atom. The van der Waals surface area contributed by atoms with E-state index in [0.717, 1.165) is 12.1 Å². The van der Waals surface area contributed by atoms with Crippen molar-refractivity contribution >= 4 is 23.3 Å². The number of hydrogen-bond acceptors (Lipinski definition) is 4. The Hall–Kier alpha value is -3.03. The molecular formula is C16H12F3NO4. The van der Waals surface area contributed by atoms with Crippen LogP contribution in [0.3, 0.4) is 0 Å². The lowest BCUT2D eigenvalue weighted by Crippen LogP contribution is -2.11. The van der Waals surface area contributed by atoms with Gasteiger partial charge in [0, 0.05) is 0 Å². The quantitative estimate of drug-likeness (QED) is 0.826. The van der Waals surface area contributed by atoms with Gasteiger partial charge >= 0.3 is 18.1 Å². The van der Waals surface area contributed by atoms with E-state index in [2.05, 4.69) is 10.1 Å². The van der Waals surface area contributed by atoms with Crippen LogP contribution in [0.5, 0.6) is 0 Å². The fourth-order valence-corrected chi connectivity index (χ4v) is 2.03. The summed E-state index contributed by atoms with van der Waals surface area (Å²) < 4.78 is 42.8. The van der Waals surface area contributed by atoms with E-state index in [4.69, 9.17) is 5.11 Å². The highest BCUT2D eigenvalue weighted by atomic mass is 19.4. The molecule has 0 aliphatic heterocycles. The molecule has 0 aromatic heterocycles. The minimum absolute atomic E-state index is 0.0770. The van der Waals surface area contributed by atoms with Gasteiger partial charge in [-0.25, -0.2) is 9.59 Å². The molecule has 2 N–H and O–H groups in total. The number of aromatic carboxylic acids is 1. The van der Waals surface area contributed by atoms with Gasteiger partial charge in [-0.2, -0.15) is 13.2 Å². The molecule has 2 aromatic rings. The highest BCUT2D eigenvalue weighted by Crippen LogP contribution is 2.33. The number of halogens is 3. The Kier molecular flexibility index (Phi) is 4.77. The molecule has 0 heterocycles. The number of benzene rings is 2. The monoisotopic (exact) mass is 339 g/mol. The Labute approximate surface area is 134 Å². The van der Waals surface area contributed by atoms with Crippen molar-refractivity contribution in [3.8, 4) is 0 Å². The van der Waals surface area contributed by atoms with Gasteiger partial charge in [0.25, 0.3) is 0 Å². The Bertz CT molecular complexity index is 787. The Morgan fingerprint density at radius 3 is 2.25 bits per heavy atom. The molecule has 126 valence electrons. The number of alkyl halides is 3. The van der Waals surface area contributed by atoms with Crippen LogP contribution in [-0.4, -0.2) is 24.2 Å². The number of para-hydroxylation sites is 1. The first-order valence-electron chi connectivity index (χ1n) is 6.63. The first-order valence-corrected chi connectivity index (χ1v) is 6.63. The Balaban J connectivity index is 2.48. The van der Waals surface area contributed by atoms with Crippen LogP contribution in [-0.2, 0) is 10.9 Å². The minimum Gasteiger partial charge on any atom is -0.478 e. The van der Waals surface area contributed by atoms with Crippen molar-refractivity contribution < 1.29 is 32.6 Å². The van der Waals surface area contributed by atoms with Gasteiger partial charge < -0.3 is 15.2 Å². The zero-order chi connectivity index (χ0) is 17.9. The van der Waals surface area contributed by atoms with Crippen LogP contribution in [0.2, 0.25) is 0 Å². The molecule has 0 saturated carbocycles. The minimum atomic E-state index is -4.66. The first-order chi connectivity index (χ1) is 11.2. The number of esters is 1. The SMILES string of the molecule is COC(=O)c1ccccc1Nc1ccc(C(F)(F)F)cc1C(=O)O. The smallest absolute Gasteiger partial charge is 0.416 e. The van der Waals surface area contributed by atoms with Crippen LogP contribution in [0, 0.1) is 0 Å². The van der Waals surface area contributed by atoms with E-state index in [1.54, 1.807) is 12.1 Å².